The topological polar surface area (TPSA) is 62.7 Å². The molecule has 1 fully saturated rings. The molecule has 1 saturated carbocycles. The first kappa shape index (κ1) is 19.7. The van der Waals surface area contributed by atoms with E-state index in [0.717, 1.165) is 18.9 Å². The van der Waals surface area contributed by atoms with E-state index in [4.69, 9.17) is 4.74 Å². The fourth-order valence-electron chi connectivity index (χ4n) is 2.71. The third-order valence-corrected chi connectivity index (χ3v) is 4.00. The molecule has 0 amide bonds. The number of ether oxygens (including phenoxy) is 1. The molecule has 0 spiro atoms. The van der Waals surface area contributed by atoms with Crippen LogP contribution in [0, 0.1) is 0 Å². The predicted octanol–water partition coefficient (Wildman–Crippen LogP) is 2.74. The van der Waals surface area contributed by atoms with Gasteiger partial charge in [-0.25, -0.2) is 4.79 Å². The largest absolute Gasteiger partial charge is 0.465 e. The Morgan fingerprint density at radius 3 is 2.48 bits per heavy atom. The number of halogens is 1. The van der Waals surface area contributed by atoms with Crippen molar-refractivity contribution >= 4 is 35.9 Å². The molecule has 5 nitrogen and oxygen atoms in total. The van der Waals surface area contributed by atoms with Gasteiger partial charge in [-0.3, -0.25) is 4.99 Å². The lowest BCUT2D eigenvalue weighted by Crippen LogP contribution is -2.42. The molecule has 128 valence electrons. The summed E-state index contributed by atoms with van der Waals surface area (Å²) in [5.74, 6) is 0.573. The highest BCUT2D eigenvalue weighted by Crippen LogP contribution is 2.17. The van der Waals surface area contributed by atoms with Crippen LogP contribution in [0.2, 0.25) is 0 Å². The van der Waals surface area contributed by atoms with E-state index < -0.39 is 0 Å². The average Bonchev–Trinajstić information content (AvgIpc) is 3.06. The van der Waals surface area contributed by atoms with Gasteiger partial charge in [0, 0.05) is 19.6 Å². The molecule has 0 bridgehead atoms. The zero-order valence-corrected chi connectivity index (χ0v) is 16.1. The minimum absolute atomic E-state index is 0. The number of nitrogens with one attached hydrogen (secondary N) is 2. The van der Waals surface area contributed by atoms with Gasteiger partial charge >= 0.3 is 5.97 Å². The molecule has 1 aliphatic carbocycles. The first-order valence-corrected chi connectivity index (χ1v) is 7.87. The van der Waals surface area contributed by atoms with Crippen LogP contribution >= 0.6 is 24.0 Å². The summed E-state index contributed by atoms with van der Waals surface area (Å²) in [7, 11) is 3.19. The van der Waals surface area contributed by atoms with Crippen LogP contribution in [-0.2, 0) is 11.2 Å². The molecule has 0 atom stereocenters. The second-order valence-corrected chi connectivity index (χ2v) is 5.56. The molecule has 1 aliphatic rings. The van der Waals surface area contributed by atoms with Gasteiger partial charge in [0.1, 0.15) is 0 Å². The quantitative estimate of drug-likeness (QED) is 0.326. The second kappa shape index (κ2) is 10.5. The Morgan fingerprint density at radius 1 is 1.26 bits per heavy atom. The smallest absolute Gasteiger partial charge is 0.337 e. The van der Waals surface area contributed by atoms with E-state index in [-0.39, 0.29) is 29.9 Å². The number of hydrogen-bond acceptors (Lipinski definition) is 3. The zero-order chi connectivity index (χ0) is 15.8. The highest BCUT2D eigenvalue weighted by atomic mass is 127. The standard InChI is InChI=1S/C17H25N3O2.HI/c1-18-17(20-15-5-3-4-6-15)19-12-11-13-7-9-14(10-8-13)16(21)22-2;/h7-10,15H,3-6,11-12H2,1-2H3,(H2,18,19,20);1H. The lowest BCUT2D eigenvalue weighted by molar-refractivity contribution is 0.0600. The van der Waals surface area contributed by atoms with Crippen molar-refractivity contribution in [1.29, 1.82) is 0 Å². The molecule has 6 heteroatoms. The van der Waals surface area contributed by atoms with E-state index in [9.17, 15) is 4.79 Å². The van der Waals surface area contributed by atoms with Gasteiger partial charge in [0.05, 0.1) is 12.7 Å². The Labute approximate surface area is 155 Å². The number of aliphatic imine (C=N–C) groups is 1. The van der Waals surface area contributed by atoms with Crippen LogP contribution in [0.1, 0.15) is 41.6 Å². The van der Waals surface area contributed by atoms with E-state index in [1.807, 2.05) is 12.1 Å². The molecule has 2 rings (SSSR count). The summed E-state index contributed by atoms with van der Waals surface area (Å²) in [4.78, 5) is 15.6. The molecule has 0 radical (unpaired) electrons. The maximum atomic E-state index is 11.4. The number of benzene rings is 1. The van der Waals surface area contributed by atoms with Crippen LogP contribution in [-0.4, -0.2) is 38.7 Å². The van der Waals surface area contributed by atoms with Crippen molar-refractivity contribution in [2.75, 3.05) is 20.7 Å². The number of nitrogens with zero attached hydrogens (tertiary/aromatic N) is 1. The number of carbonyl (C=O) groups is 1. The Bertz CT molecular complexity index is 511. The molecule has 2 N–H and O–H groups in total. The maximum Gasteiger partial charge on any atom is 0.337 e. The Balaban J connectivity index is 0.00000264. The molecular weight excluding hydrogens is 405 g/mol. The minimum Gasteiger partial charge on any atom is -0.465 e. The van der Waals surface area contributed by atoms with Gasteiger partial charge in [0.15, 0.2) is 5.96 Å². The van der Waals surface area contributed by atoms with Crippen LogP contribution in [0.15, 0.2) is 29.3 Å². The van der Waals surface area contributed by atoms with E-state index in [1.165, 1.54) is 38.4 Å². The fraction of sp³-hybridized carbons (Fsp3) is 0.529. The van der Waals surface area contributed by atoms with Crippen LogP contribution in [0.5, 0.6) is 0 Å². The van der Waals surface area contributed by atoms with Gasteiger partial charge in [-0.05, 0) is 37.0 Å². The summed E-state index contributed by atoms with van der Waals surface area (Å²) in [5, 5.41) is 6.80. The predicted molar refractivity (Wildman–Crippen MR) is 104 cm³/mol. The molecule has 1 aromatic carbocycles. The summed E-state index contributed by atoms with van der Waals surface area (Å²) in [6.07, 6.45) is 5.96. The fourth-order valence-corrected chi connectivity index (χ4v) is 2.71. The van der Waals surface area contributed by atoms with Gasteiger partial charge in [-0.2, -0.15) is 0 Å². The van der Waals surface area contributed by atoms with Crippen molar-refractivity contribution in [3.05, 3.63) is 35.4 Å². The van der Waals surface area contributed by atoms with Crippen LogP contribution in [0.25, 0.3) is 0 Å². The van der Waals surface area contributed by atoms with Gasteiger partial charge in [0.2, 0.25) is 0 Å². The third-order valence-electron chi connectivity index (χ3n) is 4.00. The van der Waals surface area contributed by atoms with Crippen molar-refractivity contribution < 1.29 is 9.53 Å². The lowest BCUT2D eigenvalue weighted by atomic mass is 10.1. The third kappa shape index (κ3) is 6.37. The number of guanidine groups is 1. The van der Waals surface area contributed by atoms with Crippen molar-refractivity contribution in [3.8, 4) is 0 Å². The van der Waals surface area contributed by atoms with E-state index >= 15 is 0 Å². The van der Waals surface area contributed by atoms with Crippen LogP contribution in [0.4, 0.5) is 0 Å². The summed E-state index contributed by atoms with van der Waals surface area (Å²) in [5.41, 5.74) is 1.76. The Kier molecular flexibility index (Phi) is 8.98. The average molecular weight is 431 g/mol. The SMILES string of the molecule is CN=C(NCCc1ccc(C(=O)OC)cc1)NC1CCCC1.I. The summed E-state index contributed by atoms with van der Waals surface area (Å²) in [6, 6.07) is 8.08. The lowest BCUT2D eigenvalue weighted by Gasteiger charge is -2.16. The summed E-state index contributed by atoms with van der Waals surface area (Å²) in [6.45, 7) is 0.809. The van der Waals surface area contributed by atoms with Gasteiger partial charge in [-0.1, -0.05) is 25.0 Å². The molecule has 0 heterocycles. The van der Waals surface area contributed by atoms with Crippen molar-refractivity contribution in [3.63, 3.8) is 0 Å². The van der Waals surface area contributed by atoms with Crippen LogP contribution < -0.4 is 10.6 Å². The zero-order valence-electron chi connectivity index (χ0n) is 13.8. The van der Waals surface area contributed by atoms with Gasteiger partial charge in [0.25, 0.3) is 0 Å². The number of carbonyl (C=O) groups excluding carboxylic acids is 1. The number of esters is 1. The normalized spacial score (nSPS) is 15.0. The minimum atomic E-state index is -0.300. The second-order valence-electron chi connectivity index (χ2n) is 5.56. The Hall–Kier alpha value is -1.31. The highest BCUT2D eigenvalue weighted by molar-refractivity contribution is 14.0. The van der Waals surface area contributed by atoms with E-state index in [1.54, 1.807) is 19.2 Å². The number of rotatable bonds is 5. The molecule has 0 unspecified atom stereocenters. The highest BCUT2D eigenvalue weighted by Gasteiger charge is 2.15. The van der Waals surface area contributed by atoms with Crippen molar-refractivity contribution in [2.45, 2.75) is 38.1 Å². The van der Waals surface area contributed by atoms with Gasteiger partial charge < -0.3 is 15.4 Å². The van der Waals surface area contributed by atoms with Crippen molar-refractivity contribution in [2.24, 2.45) is 4.99 Å². The molecule has 1 aromatic rings. The number of methoxy groups -OCH3 is 1. The molecule has 0 aliphatic heterocycles. The number of hydrogen-bond donors (Lipinski definition) is 2. The van der Waals surface area contributed by atoms with Crippen LogP contribution in [0.3, 0.4) is 0 Å². The first-order chi connectivity index (χ1) is 10.7. The molecule has 0 aromatic heterocycles. The molecule has 23 heavy (non-hydrogen) atoms. The summed E-state index contributed by atoms with van der Waals surface area (Å²) < 4.78 is 4.69. The summed E-state index contributed by atoms with van der Waals surface area (Å²) >= 11 is 0. The monoisotopic (exact) mass is 431 g/mol. The Morgan fingerprint density at radius 2 is 1.91 bits per heavy atom. The van der Waals surface area contributed by atoms with Crippen molar-refractivity contribution in [1.82, 2.24) is 10.6 Å². The molecular formula is C17H26IN3O2. The first-order valence-electron chi connectivity index (χ1n) is 7.87. The van der Waals surface area contributed by atoms with E-state index in [0.29, 0.717) is 11.6 Å². The molecule has 0 saturated heterocycles. The van der Waals surface area contributed by atoms with E-state index in [2.05, 4.69) is 15.6 Å². The maximum absolute atomic E-state index is 11.4. The van der Waals surface area contributed by atoms with Gasteiger partial charge in [-0.15, -0.1) is 24.0 Å².